The first kappa shape index (κ1) is 14.4. The highest BCUT2D eigenvalue weighted by atomic mass is 32.1. The van der Waals surface area contributed by atoms with Crippen LogP contribution in [0, 0.1) is 0 Å². The Morgan fingerprint density at radius 2 is 2.26 bits per heavy atom. The van der Waals surface area contributed by atoms with Gasteiger partial charge in [0.15, 0.2) is 16.5 Å². The molecule has 0 spiro atoms. The molecule has 0 aliphatic carbocycles. The predicted octanol–water partition coefficient (Wildman–Crippen LogP) is 3.04. The van der Waals surface area contributed by atoms with Gasteiger partial charge in [0.1, 0.15) is 0 Å². The van der Waals surface area contributed by atoms with Crippen LogP contribution in [0.4, 0.5) is 0 Å². The van der Waals surface area contributed by atoms with Gasteiger partial charge in [-0.1, -0.05) is 12.1 Å². The van der Waals surface area contributed by atoms with Crippen LogP contribution >= 0.6 is 11.3 Å². The SMILES string of the molecule is O=C(NCC1CCCN1)c1ccc(-c2nc3ccccc3s2)o1. The summed E-state index contributed by atoms with van der Waals surface area (Å²) in [6, 6.07) is 11.8. The molecule has 1 unspecified atom stereocenters. The number of furan rings is 1. The zero-order valence-electron chi connectivity index (χ0n) is 12.5. The number of benzene rings is 1. The average Bonchev–Trinajstić information content (AvgIpc) is 3.31. The Hall–Kier alpha value is -2.18. The summed E-state index contributed by atoms with van der Waals surface area (Å²) in [5.74, 6) is 0.790. The van der Waals surface area contributed by atoms with Crippen molar-refractivity contribution in [1.29, 1.82) is 0 Å². The van der Waals surface area contributed by atoms with E-state index in [0.29, 0.717) is 24.1 Å². The van der Waals surface area contributed by atoms with E-state index in [4.69, 9.17) is 4.42 Å². The van der Waals surface area contributed by atoms with Crippen molar-refractivity contribution in [2.75, 3.05) is 13.1 Å². The van der Waals surface area contributed by atoms with Crippen LogP contribution in [0.2, 0.25) is 0 Å². The summed E-state index contributed by atoms with van der Waals surface area (Å²) in [5.41, 5.74) is 0.946. The number of rotatable bonds is 4. The monoisotopic (exact) mass is 327 g/mol. The van der Waals surface area contributed by atoms with Crippen LogP contribution in [-0.4, -0.2) is 30.0 Å². The minimum Gasteiger partial charge on any atom is -0.448 e. The zero-order valence-corrected chi connectivity index (χ0v) is 13.4. The summed E-state index contributed by atoms with van der Waals surface area (Å²) in [5, 5.41) is 7.07. The van der Waals surface area contributed by atoms with E-state index in [1.807, 2.05) is 24.3 Å². The van der Waals surface area contributed by atoms with E-state index >= 15 is 0 Å². The van der Waals surface area contributed by atoms with Crippen LogP contribution in [0.1, 0.15) is 23.4 Å². The second-order valence-corrected chi connectivity index (χ2v) is 6.68. The number of thiazole rings is 1. The molecule has 1 amide bonds. The smallest absolute Gasteiger partial charge is 0.287 e. The summed E-state index contributed by atoms with van der Waals surface area (Å²) in [6.45, 7) is 1.67. The van der Waals surface area contributed by atoms with E-state index in [-0.39, 0.29) is 5.91 Å². The standard InChI is InChI=1S/C17H17N3O2S/c21-16(19-10-11-4-3-9-18-11)13-7-8-14(22-13)17-20-12-5-1-2-6-15(12)23-17/h1-2,5-8,11,18H,3-4,9-10H2,(H,19,21). The first-order valence-corrected chi connectivity index (χ1v) is 8.58. The molecule has 2 aromatic heterocycles. The van der Waals surface area contributed by atoms with Crippen molar-refractivity contribution in [2.45, 2.75) is 18.9 Å². The number of para-hydroxylation sites is 1. The second-order valence-electron chi connectivity index (χ2n) is 5.65. The lowest BCUT2D eigenvalue weighted by Crippen LogP contribution is -2.37. The van der Waals surface area contributed by atoms with E-state index < -0.39 is 0 Å². The van der Waals surface area contributed by atoms with E-state index in [0.717, 1.165) is 28.2 Å². The number of fused-ring (bicyclic) bond motifs is 1. The van der Waals surface area contributed by atoms with Gasteiger partial charge >= 0.3 is 0 Å². The number of carbonyl (C=O) groups is 1. The van der Waals surface area contributed by atoms with E-state index in [1.165, 1.54) is 6.42 Å². The molecule has 1 fully saturated rings. The molecule has 4 rings (SSSR count). The molecule has 1 atom stereocenters. The first-order valence-electron chi connectivity index (χ1n) is 7.77. The highest BCUT2D eigenvalue weighted by Gasteiger charge is 2.18. The largest absolute Gasteiger partial charge is 0.448 e. The van der Waals surface area contributed by atoms with Gasteiger partial charge in [0.2, 0.25) is 0 Å². The van der Waals surface area contributed by atoms with Crippen molar-refractivity contribution in [1.82, 2.24) is 15.6 Å². The Bertz CT molecular complexity index is 800. The van der Waals surface area contributed by atoms with Crippen LogP contribution in [0.15, 0.2) is 40.8 Å². The normalized spacial score (nSPS) is 17.7. The fourth-order valence-corrected chi connectivity index (χ4v) is 3.71. The number of carbonyl (C=O) groups excluding carboxylic acids is 1. The molecule has 5 nitrogen and oxygen atoms in total. The summed E-state index contributed by atoms with van der Waals surface area (Å²) in [4.78, 5) is 16.7. The van der Waals surface area contributed by atoms with Gasteiger partial charge in [0.25, 0.3) is 5.91 Å². The lowest BCUT2D eigenvalue weighted by molar-refractivity contribution is 0.0923. The maximum absolute atomic E-state index is 12.2. The van der Waals surface area contributed by atoms with Crippen molar-refractivity contribution in [3.05, 3.63) is 42.2 Å². The highest BCUT2D eigenvalue weighted by Crippen LogP contribution is 2.31. The third kappa shape index (κ3) is 3.00. The molecule has 1 aliphatic heterocycles. The number of nitrogens with zero attached hydrogens (tertiary/aromatic N) is 1. The van der Waals surface area contributed by atoms with E-state index in [1.54, 1.807) is 23.5 Å². The number of hydrogen-bond acceptors (Lipinski definition) is 5. The van der Waals surface area contributed by atoms with Crippen LogP contribution in [0.3, 0.4) is 0 Å². The van der Waals surface area contributed by atoms with Crippen molar-refractivity contribution >= 4 is 27.5 Å². The minimum atomic E-state index is -0.175. The number of nitrogens with one attached hydrogen (secondary N) is 2. The van der Waals surface area contributed by atoms with Crippen LogP contribution < -0.4 is 10.6 Å². The van der Waals surface area contributed by atoms with Gasteiger partial charge in [-0.15, -0.1) is 11.3 Å². The Kier molecular flexibility index (Phi) is 3.85. The summed E-state index contributed by atoms with van der Waals surface area (Å²) < 4.78 is 6.80. The lowest BCUT2D eigenvalue weighted by Gasteiger charge is -2.10. The molecule has 3 heterocycles. The maximum Gasteiger partial charge on any atom is 0.287 e. The van der Waals surface area contributed by atoms with Gasteiger partial charge in [-0.05, 0) is 43.7 Å². The first-order chi connectivity index (χ1) is 11.3. The van der Waals surface area contributed by atoms with Gasteiger partial charge in [0, 0.05) is 12.6 Å². The molecule has 1 aliphatic rings. The summed E-state index contributed by atoms with van der Waals surface area (Å²) >= 11 is 1.56. The number of amides is 1. The van der Waals surface area contributed by atoms with Crippen molar-refractivity contribution in [3.8, 4) is 10.8 Å². The molecule has 0 bridgehead atoms. The van der Waals surface area contributed by atoms with Gasteiger partial charge in [-0.3, -0.25) is 4.79 Å². The molecule has 23 heavy (non-hydrogen) atoms. The minimum absolute atomic E-state index is 0.175. The molecule has 0 radical (unpaired) electrons. The molecule has 1 aromatic carbocycles. The molecule has 118 valence electrons. The Labute approximate surface area is 137 Å². The Morgan fingerprint density at radius 1 is 1.35 bits per heavy atom. The molecule has 2 N–H and O–H groups in total. The fraction of sp³-hybridized carbons (Fsp3) is 0.294. The quantitative estimate of drug-likeness (QED) is 0.773. The Morgan fingerprint density at radius 3 is 3.09 bits per heavy atom. The molecule has 1 saturated heterocycles. The van der Waals surface area contributed by atoms with E-state index in [2.05, 4.69) is 15.6 Å². The molecular weight excluding hydrogens is 310 g/mol. The molecule has 6 heteroatoms. The van der Waals surface area contributed by atoms with Gasteiger partial charge < -0.3 is 15.1 Å². The highest BCUT2D eigenvalue weighted by molar-refractivity contribution is 7.21. The predicted molar refractivity (Wildman–Crippen MR) is 90.7 cm³/mol. The van der Waals surface area contributed by atoms with E-state index in [9.17, 15) is 4.79 Å². The average molecular weight is 327 g/mol. The molecule has 0 saturated carbocycles. The van der Waals surface area contributed by atoms with Gasteiger partial charge in [0.05, 0.1) is 10.2 Å². The van der Waals surface area contributed by atoms with Crippen LogP contribution in [0.5, 0.6) is 0 Å². The summed E-state index contributed by atoms with van der Waals surface area (Å²) in [7, 11) is 0. The third-order valence-electron chi connectivity index (χ3n) is 4.01. The van der Waals surface area contributed by atoms with Crippen LogP contribution in [0.25, 0.3) is 21.0 Å². The Balaban J connectivity index is 1.48. The van der Waals surface area contributed by atoms with Gasteiger partial charge in [-0.25, -0.2) is 4.98 Å². The molecular formula is C17H17N3O2S. The van der Waals surface area contributed by atoms with Crippen molar-refractivity contribution in [2.24, 2.45) is 0 Å². The van der Waals surface area contributed by atoms with Gasteiger partial charge in [-0.2, -0.15) is 0 Å². The van der Waals surface area contributed by atoms with Crippen molar-refractivity contribution in [3.63, 3.8) is 0 Å². The topological polar surface area (TPSA) is 67.2 Å². The zero-order chi connectivity index (χ0) is 15.6. The fourth-order valence-electron chi connectivity index (χ4n) is 2.79. The second kappa shape index (κ2) is 6.14. The lowest BCUT2D eigenvalue weighted by atomic mass is 10.2. The number of hydrogen-bond donors (Lipinski definition) is 2. The summed E-state index contributed by atoms with van der Waals surface area (Å²) in [6.07, 6.45) is 2.28. The van der Waals surface area contributed by atoms with Crippen LogP contribution in [-0.2, 0) is 0 Å². The number of aromatic nitrogens is 1. The maximum atomic E-state index is 12.2. The third-order valence-corrected chi connectivity index (χ3v) is 5.06. The molecule has 3 aromatic rings. The van der Waals surface area contributed by atoms with Crippen molar-refractivity contribution < 1.29 is 9.21 Å².